The average molecular weight is 350 g/mol. The Bertz CT molecular complexity index is 703. The van der Waals surface area contributed by atoms with E-state index in [2.05, 4.69) is 18.4 Å². The van der Waals surface area contributed by atoms with Gasteiger partial charge in [0.05, 0.1) is 11.0 Å². The molecule has 6 nitrogen and oxygen atoms in total. The van der Waals surface area contributed by atoms with E-state index < -0.39 is 17.1 Å². The average Bonchev–Trinajstić information content (AvgIpc) is 2.94. The van der Waals surface area contributed by atoms with E-state index in [1.807, 2.05) is 19.2 Å². The zero-order valence-corrected chi connectivity index (χ0v) is 15.3. The summed E-state index contributed by atoms with van der Waals surface area (Å²) in [4.78, 5) is 37.3. The van der Waals surface area contributed by atoms with Crippen molar-refractivity contribution < 1.29 is 19.1 Å². The molecule has 0 aliphatic carbocycles. The van der Waals surface area contributed by atoms with Crippen LogP contribution in [0.5, 0.6) is 0 Å². The summed E-state index contributed by atoms with van der Waals surface area (Å²) in [5.74, 6) is -1.05. The van der Waals surface area contributed by atoms with E-state index in [1.165, 1.54) is 0 Å². The molecular weight excluding hydrogens is 328 g/mol. The number of hydrogen-bond acceptors (Lipinski definition) is 5. The van der Waals surface area contributed by atoms with E-state index in [0.29, 0.717) is 10.9 Å². The van der Waals surface area contributed by atoms with Crippen molar-refractivity contribution in [2.24, 2.45) is 0 Å². The Morgan fingerprint density at radius 2 is 1.96 bits per heavy atom. The van der Waals surface area contributed by atoms with Crippen molar-refractivity contribution >= 4 is 35.0 Å². The van der Waals surface area contributed by atoms with Crippen LogP contribution >= 0.6 is 11.8 Å². The number of aryl methyl sites for hydroxylation is 1. The number of carbonyl (C=O) groups excluding carboxylic acids is 3. The van der Waals surface area contributed by atoms with Gasteiger partial charge in [0.15, 0.2) is 0 Å². The monoisotopic (exact) mass is 350 g/mol. The summed E-state index contributed by atoms with van der Waals surface area (Å²) in [6, 6.07) is 2.27. The van der Waals surface area contributed by atoms with Gasteiger partial charge < -0.3 is 9.30 Å². The van der Waals surface area contributed by atoms with Crippen molar-refractivity contribution in [2.75, 3.05) is 6.54 Å². The molecule has 2 heterocycles. The predicted octanol–water partition coefficient (Wildman–Crippen LogP) is 3.37. The minimum atomic E-state index is -0.588. The third kappa shape index (κ3) is 4.08. The van der Waals surface area contributed by atoms with Crippen LogP contribution in [0.2, 0.25) is 0 Å². The lowest BCUT2D eigenvalue weighted by atomic mass is 10.3. The van der Waals surface area contributed by atoms with Crippen molar-refractivity contribution in [3.05, 3.63) is 28.4 Å². The first-order valence-corrected chi connectivity index (χ1v) is 8.64. The second-order valence-electron chi connectivity index (χ2n) is 6.22. The smallest absolute Gasteiger partial charge is 0.326 e. The summed E-state index contributed by atoms with van der Waals surface area (Å²) in [5.41, 5.74) is 1.94. The number of hydrogen-bond donors (Lipinski definition) is 0. The second-order valence-corrected chi connectivity index (χ2v) is 7.22. The van der Waals surface area contributed by atoms with Crippen molar-refractivity contribution in [2.45, 2.75) is 46.8 Å². The largest absolute Gasteiger partial charge is 0.462 e. The molecule has 0 unspecified atom stereocenters. The summed E-state index contributed by atoms with van der Waals surface area (Å²) in [7, 11) is 0. The summed E-state index contributed by atoms with van der Waals surface area (Å²) >= 11 is 0.843. The molecular formula is C17H22N2O4S. The molecule has 0 N–H and O–H groups in total. The highest BCUT2D eigenvalue weighted by Crippen LogP contribution is 2.32. The van der Waals surface area contributed by atoms with Gasteiger partial charge in [-0.1, -0.05) is 0 Å². The molecule has 0 saturated carbocycles. The Morgan fingerprint density at radius 1 is 1.29 bits per heavy atom. The molecule has 1 fully saturated rings. The highest BCUT2D eigenvalue weighted by molar-refractivity contribution is 8.18. The van der Waals surface area contributed by atoms with Crippen LogP contribution in [0.1, 0.15) is 45.0 Å². The number of thioether (sulfide) groups is 1. The van der Waals surface area contributed by atoms with Crippen LogP contribution < -0.4 is 0 Å². The fourth-order valence-corrected chi connectivity index (χ4v) is 3.31. The molecule has 130 valence electrons. The summed E-state index contributed by atoms with van der Waals surface area (Å²) in [6.45, 7) is 9.22. The van der Waals surface area contributed by atoms with Crippen LogP contribution in [0.3, 0.4) is 0 Å². The topological polar surface area (TPSA) is 68.6 Å². The minimum Gasteiger partial charge on any atom is -0.462 e. The number of amides is 2. The van der Waals surface area contributed by atoms with Gasteiger partial charge in [-0.3, -0.25) is 19.3 Å². The van der Waals surface area contributed by atoms with E-state index in [-0.39, 0.29) is 12.6 Å². The zero-order valence-electron chi connectivity index (χ0n) is 14.5. The maximum absolute atomic E-state index is 12.4. The van der Waals surface area contributed by atoms with Gasteiger partial charge in [-0.2, -0.15) is 0 Å². The normalized spacial score (nSPS) is 16.8. The van der Waals surface area contributed by atoms with Gasteiger partial charge in [0, 0.05) is 17.9 Å². The number of imide groups is 1. The summed E-state index contributed by atoms with van der Waals surface area (Å²) in [5, 5.41) is -0.452. The Labute approximate surface area is 145 Å². The first-order chi connectivity index (χ1) is 11.2. The highest BCUT2D eigenvalue weighted by atomic mass is 32.2. The van der Waals surface area contributed by atoms with Crippen molar-refractivity contribution in [1.29, 1.82) is 0 Å². The van der Waals surface area contributed by atoms with Gasteiger partial charge in [-0.25, -0.2) is 0 Å². The number of aromatic nitrogens is 1. The third-order valence-electron chi connectivity index (χ3n) is 3.45. The molecule has 1 aromatic heterocycles. The summed E-state index contributed by atoms with van der Waals surface area (Å²) in [6.07, 6.45) is 3.35. The minimum absolute atomic E-state index is 0.285. The fourth-order valence-electron chi connectivity index (χ4n) is 2.47. The molecule has 1 saturated heterocycles. The van der Waals surface area contributed by atoms with E-state index in [4.69, 9.17) is 4.74 Å². The number of rotatable bonds is 5. The number of carbonyl (C=O) groups is 3. The molecule has 2 rings (SSSR count). The quantitative estimate of drug-likeness (QED) is 0.601. The molecule has 7 heteroatoms. The lowest BCUT2D eigenvalue weighted by molar-refractivity contribution is -0.149. The molecule has 0 spiro atoms. The molecule has 0 radical (unpaired) electrons. The number of ether oxygens (including phenoxy) is 1. The first-order valence-electron chi connectivity index (χ1n) is 7.82. The van der Waals surface area contributed by atoms with Gasteiger partial charge in [-0.05, 0) is 64.1 Å². The first kappa shape index (κ1) is 18.3. The second kappa shape index (κ2) is 7.25. The Kier molecular flexibility index (Phi) is 5.54. The molecule has 0 bridgehead atoms. The molecule has 2 amide bonds. The van der Waals surface area contributed by atoms with E-state index in [0.717, 1.165) is 27.9 Å². The van der Waals surface area contributed by atoms with Crippen LogP contribution in [0, 0.1) is 6.92 Å². The molecule has 1 aliphatic rings. The maximum Gasteiger partial charge on any atom is 0.326 e. The van der Waals surface area contributed by atoms with Gasteiger partial charge in [-0.15, -0.1) is 0 Å². The molecule has 1 aliphatic heterocycles. The van der Waals surface area contributed by atoms with Gasteiger partial charge >= 0.3 is 5.97 Å². The van der Waals surface area contributed by atoms with Crippen LogP contribution in [0.4, 0.5) is 4.79 Å². The highest BCUT2D eigenvalue weighted by Gasteiger charge is 2.36. The zero-order chi connectivity index (χ0) is 18.0. The Morgan fingerprint density at radius 3 is 2.50 bits per heavy atom. The van der Waals surface area contributed by atoms with Crippen molar-refractivity contribution in [3.8, 4) is 0 Å². The standard InChI is InChI=1S/C17H22N2O4S/c1-10(2)18-8-13(6-12(18)5)7-14-16(21)19(17(22)24-14)9-15(20)23-11(3)4/h6-8,10-11H,9H2,1-5H3/b14-7-. The maximum atomic E-state index is 12.4. The fraction of sp³-hybridized carbons (Fsp3) is 0.471. The predicted molar refractivity (Wildman–Crippen MR) is 93.5 cm³/mol. The lowest BCUT2D eigenvalue weighted by Crippen LogP contribution is -2.35. The Hall–Kier alpha value is -2.02. The van der Waals surface area contributed by atoms with E-state index >= 15 is 0 Å². The molecule has 1 aromatic rings. The number of esters is 1. The van der Waals surface area contributed by atoms with Crippen LogP contribution in [-0.4, -0.2) is 39.2 Å². The third-order valence-corrected chi connectivity index (χ3v) is 4.36. The van der Waals surface area contributed by atoms with Gasteiger partial charge in [0.25, 0.3) is 11.1 Å². The molecule has 0 atom stereocenters. The van der Waals surface area contributed by atoms with E-state index in [9.17, 15) is 14.4 Å². The van der Waals surface area contributed by atoms with Crippen LogP contribution in [0.15, 0.2) is 17.2 Å². The van der Waals surface area contributed by atoms with Gasteiger partial charge in [0.1, 0.15) is 6.54 Å². The van der Waals surface area contributed by atoms with Crippen LogP contribution in [-0.2, 0) is 14.3 Å². The Balaban J connectivity index is 2.16. The van der Waals surface area contributed by atoms with Gasteiger partial charge in [0.2, 0.25) is 0 Å². The van der Waals surface area contributed by atoms with Crippen molar-refractivity contribution in [3.63, 3.8) is 0 Å². The SMILES string of the molecule is Cc1cc(/C=C2\SC(=O)N(CC(=O)OC(C)C)C2=O)cn1C(C)C. The number of nitrogens with zero attached hydrogens (tertiary/aromatic N) is 2. The summed E-state index contributed by atoms with van der Waals surface area (Å²) < 4.78 is 7.08. The molecule has 24 heavy (non-hydrogen) atoms. The van der Waals surface area contributed by atoms with Crippen molar-refractivity contribution in [1.82, 2.24) is 9.47 Å². The van der Waals surface area contributed by atoms with Crippen LogP contribution in [0.25, 0.3) is 6.08 Å². The lowest BCUT2D eigenvalue weighted by Gasteiger charge is -2.13. The van der Waals surface area contributed by atoms with E-state index in [1.54, 1.807) is 19.9 Å². The molecule has 0 aromatic carbocycles.